The van der Waals surface area contributed by atoms with E-state index in [9.17, 15) is 14.7 Å². The molecular weight excluding hydrogens is 346 g/mol. The number of nitrogens with zero attached hydrogens (tertiary/aromatic N) is 1. The molecule has 1 heterocycles. The minimum absolute atomic E-state index is 0.0583. The lowest BCUT2D eigenvalue weighted by atomic mass is 9.65. The molecule has 27 heavy (non-hydrogen) atoms. The summed E-state index contributed by atoms with van der Waals surface area (Å²) < 4.78 is 0. The van der Waals surface area contributed by atoms with Crippen molar-refractivity contribution in [2.24, 2.45) is 11.3 Å². The van der Waals surface area contributed by atoms with Crippen LogP contribution in [0.25, 0.3) is 0 Å². The second kappa shape index (κ2) is 8.23. The third-order valence-electron chi connectivity index (χ3n) is 5.77. The van der Waals surface area contributed by atoms with Crippen LogP contribution < -0.4 is 0 Å². The maximum atomic E-state index is 11.6. The van der Waals surface area contributed by atoms with Crippen LogP contribution in [0.3, 0.4) is 0 Å². The average Bonchev–Trinajstić information content (AvgIpc) is 2.81. The molecular formula is C21H29NO5. The van der Waals surface area contributed by atoms with Crippen LogP contribution in [-0.2, 0) is 21.6 Å². The lowest BCUT2D eigenvalue weighted by Gasteiger charge is -2.46. The van der Waals surface area contributed by atoms with Crippen LogP contribution in [0.2, 0.25) is 0 Å². The van der Waals surface area contributed by atoms with Crippen LogP contribution in [0.4, 0.5) is 0 Å². The highest BCUT2D eigenvalue weighted by Crippen LogP contribution is 2.55. The second-order valence-corrected chi connectivity index (χ2v) is 8.07. The van der Waals surface area contributed by atoms with Crippen molar-refractivity contribution in [3.05, 3.63) is 47.5 Å². The molecule has 1 aliphatic carbocycles. The van der Waals surface area contributed by atoms with Crippen molar-refractivity contribution in [2.45, 2.75) is 38.7 Å². The minimum atomic E-state index is -1.26. The number of rotatable bonds is 3. The fourth-order valence-electron chi connectivity index (χ4n) is 4.36. The van der Waals surface area contributed by atoms with E-state index >= 15 is 0 Å². The molecule has 1 atom stereocenters. The summed E-state index contributed by atoms with van der Waals surface area (Å²) in [5.74, 6) is -2.12. The smallest absolute Gasteiger partial charge is 0.328 e. The number of carboxylic acid groups (broad SMARTS) is 2. The van der Waals surface area contributed by atoms with Gasteiger partial charge in [0.25, 0.3) is 0 Å². The number of fused-ring (bicyclic) bond motifs is 1. The summed E-state index contributed by atoms with van der Waals surface area (Å²) in [6, 6.07) is 8.49. The molecule has 0 amide bonds. The van der Waals surface area contributed by atoms with Crippen LogP contribution in [-0.4, -0.2) is 52.3 Å². The average molecular weight is 375 g/mol. The molecule has 2 aliphatic rings. The number of benzene rings is 1. The Kier molecular flexibility index (Phi) is 6.44. The molecule has 1 saturated heterocycles. The summed E-state index contributed by atoms with van der Waals surface area (Å²) in [5, 5.41) is 27.2. The Hall–Kier alpha value is -2.18. The van der Waals surface area contributed by atoms with E-state index in [4.69, 9.17) is 10.2 Å². The van der Waals surface area contributed by atoms with Gasteiger partial charge >= 0.3 is 11.9 Å². The van der Waals surface area contributed by atoms with Crippen molar-refractivity contribution >= 4 is 11.9 Å². The Morgan fingerprint density at radius 3 is 2.11 bits per heavy atom. The Labute approximate surface area is 160 Å². The molecule has 148 valence electrons. The van der Waals surface area contributed by atoms with E-state index in [1.165, 1.54) is 11.1 Å². The Balaban J connectivity index is 0.000000279. The van der Waals surface area contributed by atoms with E-state index in [0.717, 1.165) is 32.4 Å². The first-order valence-corrected chi connectivity index (χ1v) is 9.21. The zero-order valence-electron chi connectivity index (χ0n) is 16.2. The number of aliphatic hydroxyl groups is 1. The van der Waals surface area contributed by atoms with E-state index in [1.54, 1.807) is 0 Å². The van der Waals surface area contributed by atoms with Crippen molar-refractivity contribution in [2.75, 3.05) is 20.1 Å². The van der Waals surface area contributed by atoms with Crippen LogP contribution in [0.15, 0.2) is 36.4 Å². The predicted octanol–water partition coefficient (Wildman–Crippen LogP) is 2.51. The van der Waals surface area contributed by atoms with Crippen LogP contribution in [0.5, 0.6) is 0 Å². The zero-order chi connectivity index (χ0) is 20.2. The molecule has 1 aromatic carbocycles. The van der Waals surface area contributed by atoms with Gasteiger partial charge < -0.3 is 20.2 Å². The first kappa shape index (κ1) is 21.1. The van der Waals surface area contributed by atoms with Gasteiger partial charge in [0.15, 0.2) is 0 Å². The normalized spacial score (nSPS) is 24.9. The molecule has 0 radical (unpaired) electrons. The van der Waals surface area contributed by atoms with E-state index in [-0.39, 0.29) is 5.41 Å². The van der Waals surface area contributed by atoms with E-state index < -0.39 is 17.5 Å². The number of hydrogen-bond acceptors (Lipinski definition) is 4. The molecule has 3 N–H and O–H groups in total. The first-order chi connectivity index (χ1) is 12.6. The maximum Gasteiger partial charge on any atom is 0.328 e. The Morgan fingerprint density at radius 1 is 1.07 bits per heavy atom. The number of carboxylic acids is 2. The van der Waals surface area contributed by atoms with E-state index in [1.807, 2.05) is 0 Å². The second-order valence-electron chi connectivity index (χ2n) is 8.07. The number of hydrogen-bond donors (Lipinski definition) is 3. The highest BCUT2D eigenvalue weighted by molar-refractivity contribution is 5.89. The van der Waals surface area contributed by atoms with Gasteiger partial charge in [0.05, 0.1) is 5.60 Å². The van der Waals surface area contributed by atoms with Gasteiger partial charge in [-0.1, -0.05) is 38.1 Å². The summed E-state index contributed by atoms with van der Waals surface area (Å²) >= 11 is 0. The molecule has 3 rings (SSSR count). The highest BCUT2D eigenvalue weighted by atomic mass is 16.4. The highest BCUT2D eigenvalue weighted by Gasteiger charge is 2.55. The quantitative estimate of drug-likeness (QED) is 0.702. The van der Waals surface area contributed by atoms with Crippen molar-refractivity contribution in [1.29, 1.82) is 0 Å². The molecule has 1 aliphatic heterocycles. The standard InChI is InChI=1S/C17H25NO.C4H4O4/c1-16(2)12-13-6-4-5-7-15(13)17(16,19)14-8-10-18(3)11-9-14;5-3(6)1-2-4(7)8/h4-7,14,19H,8-12H2,1-3H3;1-2H,(H,5,6)(H,7,8)/b;2-1+. The van der Waals surface area contributed by atoms with Crippen LogP contribution >= 0.6 is 0 Å². The fourth-order valence-corrected chi connectivity index (χ4v) is 4.36. The van der Waals surface area contributed by atoms with E-state index in [2.05, 4.69) is 50.1 Å². The number of aliphatic carboxylic acids is 2. The lowest BCUT2D eigenvalue weighted by Crippen LogP contribution is -2.49. The fraction of sp³-hybridized carbons (Fsp3) is 0.524. The van der Waals surface area contributed by atoms with Crippen molar-refractivity contribution in [1.82, 2.24) is 4.90 Å². The number of carbonyl (C=O) groups is 2. The zero-order valence-corrected chi connectivity index (χ0v) is 16.2. The maximum absolute atomic E-state index is 11.6. The number of piperidine rings is 1. The molecule has 0 bridgehead atoms. The van der Waals surface area contributed by atoms with Crippen molar-refractivity contribution < 1.29 is 24.9 Å². The largest absolute Gasteiger partial charge is 0.478 e. The summed E-state index contributed by atoms with van der Waals surface area (Å²) in [5.41, 5.74) is 1.82. The van der Waals surface area contributed by atoms with Crippen LogP contribution in [0.1, 0.15) is 37.8 Å². The molecule has 0 aromatic heterocycles. The third-order valence-corrected chi connectivity index (χ3v) is 5.77. The summed E-state index contributed by atoms with van der Waals surface area (Å²) in [6.45, 7) is 6.66. The number of likely N-dealkylation sites (tertiary alicyclic amines) is 1. The lowest BCUT2D eigenvalue weighted by molar-refractivity contribution is -0.134. The van der Waals surface area contributed by atoms with Gasteiger partial charge in [-0.2, -0.15) is 0 Å². The third kappa shape index (κ3) is 4.57. The molecule has 1 aromatic rings. The Morgan fingerprint density at radius 2 is 1.59 bits per heavy atom. The van der Waals surface area contributed by atoms with Gasteiger partial charge in [-0.05, 0) is 56.4 Å². The molecule has 6 heteroatoms. The predicted molar refractivity (Wildman–Crippen MR) is 102 cm³/mol. The van der Waals surface area contributed by atoms with Crippen molar-refractivity contribution in [3.8, 4) is 0 Å². The summed E-state index contributed by atoms with van der Waals surface area (Å²) in [4.78, 5) is 21.5. The van der Waals surface area contributed by atoms with Gasteiger partial charge in [0, 0.05) is 17.6 Å². The monoisotopic (exact) mass is 375 g/mol. The summed E-state index contributed by atoms with van der Waals surface area (Å²) in [6.07, 6.45) is 4.31. The topological polar surface area (TPSA) is 98.1 Å². The Bertz CT molecular complexity index is 703. The van der Waals surface area contributed by atoms with Gasteiger partial charge in [-0.3, -0.25) is 0 Å². The van der Waals surface area contributed by atoms with Crippen LogP contribution in [0, 0.1) is 11.3 Å². The molecule has 1 fully saturated rings. The molecule has 1 unspecified atom stereocenters. The van der Waals surface area contributed by atoms with Gasteiger partial charge in [-0.15, -0.1) is 0 Å². The van der Waals surface area contributed by atoms with Gasteiger partial charge in [0.2, 0.25) is 0 Å². The van der Waals surface area contributed by atoms with E-state index in [0.29, 0.717) is 18.1 Å². The van der Waals surface area contributed by atoms with Gasteiger partial charge in [-0.25, -0.2) is 9.59 Å². The molecule has 0 saturated carbocycles. The SMILES string of the molecule is CN1CCC(C2(O)c3ccccc3CC2(C)C)CC1.O=C(O)/C=C/C(=O)O. The van der Waals surface area contributed by atoms with Crippen molar-refractivity contribution in [3.63, 3.8) is 0 Å². The summed E-state index contributed by atoms with van der Waals surface area (Å²) in [7, 11) is 2.17. The molecule has 6 nitrogen and oxygen atoms in total. The first-order valence-electron chi connectivity index (χ1n) is 9.21. The van der Waals surface area contributed by atoms with Gasteiger partial charge in [0.1, 0.15) is 0 Å². The molecule has 0 spiro atoms. The minimum Gasteiger partial charge on any atom is -0.478 e.